The number of carbonyl (C=O) groups excluding carboxylic acids is 1. The normalized spacial score (nSPS) is 15.1. The summed E-state index contributed by atoms with van der Waals surface area (Å²) in [4.78, 5) is 23.3. The lowest BCUT2D eigenvalue weighted by atomic mass is 10.0. The van der Waals surface area contributed by atoms with Crippen molar-refractivity contribution in [3.8, 4) is 17.0 Å². The number of anilines is 2. The van der Waals surface area contributed by atoms with Crippen LogP contribution in [0.25, 0.3) is 11.3 Å². The van der Waals surface area contributed by atoms with Crippen LogP contribution in [0.15, 0.2) is 29.6 Å². The molecule has 33 heavy (non-hydrogen) atoms. The first-order valence-corrected chi connectivity index (χ1v) is 13.5. The molecule has 0 radical (unpaired) electrons. The van der Waals surface area contributed by atoms with Crippen molar-refractivity contribution < 1.29 is 9.53 Å². The lowest BCUT2D eigenvalue weighted by molar-refractivity contribution is -0.114. The van der Waals surface area contributed by atoms with Crippen molar-refractivity contribution in [2.75, 3.05) is 24.3 Å². The monoisotopic (exact) mass is 484 g/mol. The molecule has 1 aliphatic rings. The fourth-order valence-electron chi connectivity index (χ4n) is 4.03. The molecule has 0 fully saturated rings. The molecule has 1 aromatic carbocycles. The SMILES string of the molecule is COc1ccc(-c2csc(NCC(=O)Nc3nc4c(s3)CCCCCCCCCC4)n2)cc1. The quantitative estimate of drug-likeness (QED) is 0.415. The molecular weight excluding hydrogens is 452 g/mol. The van der Waals surface area contributed by atoms with Crippen molar-refractivity contribution in [3.63, 3.8) is 0 Å². The smallest absolute Gasteiger partial charge is 0.245 e. The third-order valence-corrected chi connectivity index (χ3v) is 7.76. The Kier molecular flexibility index (Phi) is 8.72. The van der Waals surface area contributed by atoms with E-state index in [0.717, 1.165) is 40.1 Å². The summed E-state index contributed by atoms with van der Waals surface area (Å²) in [7, 11) is 1.65. The van der Waals surface area contributed by atoms with E-state index in [1.165, 1.54) is 73.3 Å². The second kappa shape index (κ2) is 12.1. The van der Waals surface area contributed by atoms with Crippen LogP contribution in [-0.4, -0.2) is 29.5 Å². The molecule has 4 rings (SSSR count). The molecule has 2 aromatic heterocycles. The van der Waals surface area contributed by atoms with Crippen molar-refractivity contribution in [1.29, 1.82) is 0 Å². The minimum Gasteiger partial charge on any atom is -0.497 e. The molecule has 2 N–H and O–H groups in total. The highest BCUT2D eigenvalue weighted by atomic mass is 32.1. The summed E-state index contributed by atoms with van der Waals surface area (Å²) in [6.07, 6.45) is 12.4. The molecule has 8 heteroatoms. The molecule has 0 atom stereocenters. The van der Waals surface area contributed by atoms with Gasteiger partial charge in [-0.25, -0.2) is 9.97 Å². The van der Waals surface area contributed by atoms with Crippen LogP contribution < -0.4 is 15.4 Å². The van der Waals surface area contributed by atoms with Crippen LogP contribution in [0, 0.1) is 0 Å². The Hall–Kier alpha value is -2.45. The van der Waals surface area contributed by atoms with Gasteiger partial charge in [0.05, 0.1) is 25.0 Å². The van der Waals surface area contributed by atoms with Gasteiger partial charge in [0.15, 0.2) is 10.3 Å². The van der Waals surface area contributed by atoms with Crippen LogP contribution in [0.4, 0.5) is 10.3 Å². The predicted octanol–water partition coefficient (Wildman–Crippen LogP) is 6.55. The standard InChI is InChI=1S/C25H32N4O2S2/c1-31-19-14-12-18(13-15-19)21-17-32-24(28-21)26-16-23(30)29-25-27-20-10-8-6-4-2-3-5-7-9-11-22(20)33-25/h12-15,17H,2-11,16H2,1H3,(H,26,28)(H,27,29,30). The molecule has 3 aromatic rings. The molecule has 0 saturated heterocycles. The van der Waals surface area contributed by atoms with Crippen molar-refractivity contribution in [2.24, 2.45) is 0 Å². The van der Waals surface area contributed by atoms with E-state index in [1.54, 1.807) is 18.4 Å². The molecule has 2 heterocycles. The molecule has 0 unspecified atom stereocenters. The highest BCUT2D eigenvalue weighted by Crippen LogP contribution is 2.28. The summed E-state index contributed by atoms with van der Waals surface area (Å²) < 4.78 is 5.21. The van der Waals surface area contributed by atoms with E-state index in [1.807, 2.05) is 29.6 Å². The second-order valence-electron chi connectivity index (χ2n) is 8.39. The lowest BCUT2D eigenvalue weighted by Gasteiger charge is -2.06. The molecule has 0 spiro atoms. The highest BCUT2D eigenvalue weighted by Gasteiger charge is 2.14. The Bertz CT molecular complexity index is 1000. The fraction of sp³-hybridized carbons (Fsp3) is 0.480. The highest BCUT2D eigenvalue weighted by molar-refractivity contribution is 7.16. The van der Waals surface area contributed by atoms with Gasteiger partial charge < -0.3 is 15.4 Å². The first-order chi connectivity index (χ1) is 16.2. The number of nitrogens with one attached hydrogen (secondary N) is 2. The van der Waals surface area contributed by atoms with Gasteiger partial charge in [-0.15, -0.1) is 22.7 Å². The third kappa shape index (κ3) is 7.01. The van der Waals surface area contributed by atoms with Gasteiger partial charge >= 0.3 is 0 Å². The fourth-order valence-corrected chi connectivity index (χ4v) is 5.82. The molecular formula is C25H32N4O2S2. The van der Waals surface area contributed by atoms with Crippen LogP contribution in [0.1, 0.15) is 61.9 Å². The van der Waals surface area contributed by atoms with Gasteiger partial charge in [0.25, 0.3) is 0 Å². The Morgan fingerprint density at radius 3 is 2.36 bits per heavy atom. The average Bonchev–Trinajstić information content (AvgIpc) is 3.45. The van der Waals surface area contributed by atoms with Gasteiger partial charge in [0.1, 0.15) is 5.75 Å². The van der Waals surface area contributed by atoms with Gasteiger partial charge in [-0.1, -0.05) is 38.5 Å². The Labute approximate surface area is 203 Å². The number of aryl methyl sites for hydroxylation is 2. The van der Waals surface area contributed by atoms with E-state index in [4.69, 9.17) is 9.72 Å². The number of methoxy groups -OCH3 is 1. The minimum absolute atomic E-state index is 0.0963. The summed E-state index contributed by atoms with van der Waals surface area (Å²) in [5, 5.41) is 9.55. The summed E-state index contributed by atoms with van der Waals surface area (Å²) in [5.41, 5.74) is 3.08. The van der Waals surface area contributed by atoms with Crippen LogP contribution in [-0.2, 0) is 17.6 Å². The molecule has 0 aliphatic heterocycles. The third-order valence-electron chi connectivity index (χ3n) is 5.88. The van der Waals surface area contributed by atoms with E-state index in [2.05, 4.69) is 15.6 Å². The second-order valence-corrected chi connectivity index (χ2v) is 10.3. The minimum atomic E-state index is -0.0963. The number of nitrogens with zero attached hydrogens (tertiary/aromatic N) is 2. The van der Waals surface area contributed by atoms with Crippen molar-refractivity contribution in [1.82, 2.24) is 9.97 Å². The van der Waals surface area contributed by atoms with E-state index in [0.29, 0.717) is 0 Å². The number of carbonyl (C=O) groups is 1. The summed E-state index contributed by atoms with van der Waals surface area (Å²) >= 11 is 3.14. The van der Waals surface area contributed by atoms with Gasteiger partial charge in [-0.2, -0.15) is 0 Å². The largest absolute Gasteiger partial charge is 0.497 e. The predicted molar refractivity (Wildman–Crippen MR) is 138 cm³/mol. The van der Waals surface area contributed by atoms with E-state index in [9.17, 15) is 4.79 Å². The molecule has 0 bridgehead atoms. The zero-order chi connectivity index (χ0) is 22.9. The Morgan fingerprint density at radius 2 is 1.64 bits per heavy atom. The first-order valence-electron chi connectivity index (χ1n) is 11.8. The molecule has 0 saturated carbocycles. The summed E-state index contributed by atoms with van der Waals surface area (Å²) in [6.45, 7) is 0.166. The van der Waals surface area contributed by atoms with Gasteiger partial charge in [0.2, 0.25) is 5.91 Å². The average molecular weight is 485 g/mol. The van der Waals surface area contributed by atoms with Crippen LogP contribution in [0.3, 0.4) is 0 Å². The van der Waals surface area contributed by atoms with Crippen LogP contribution >= 0.6 is 22.7 Å². The zero-order valence-electron chi connectivity index (χ0n) is 19.2. The molecule has 6 nitrogen and oxygen atoms in total. The molecule has 1 amide bonds. The van der Waals surface area contributed by atoms with Crippen LogP contribution in [0.5, 0.6) is 5.75 Å². The number of benzene rings is 1. The van der Waals surface area contributed by atoms with Crippen molar-refractivity contribution >= 4 is 38.8 Å². The summed E-state index contributed by atoms with van der Waals surface area (Å²) in [6, 6.07) is 7.79. The number of hydrogen-bond donors (Lipinski definition) is 2. The number of hydrogen-bond acceptors (Lipinski definition) is 7. The number of amides is 1. The van der Waals surface area contributed by atoms with Gasteiger partial charge in [-0.05, 0) is 49.9 Å². The van der Waals surface area contributed by atoms with Crippen LogP contribution in [0.2, 0.25) is 0 Å². The first kappa shape index (κ1) is 23.7. The number of rotatable bonds is 6. The number of fused-ring (bicyclic) bond motifs is 1. The molecule has 1 aliphatic carbocycles. The van der Waals surface area contributed by atoms with Crippen molar-refractivity contribution in [2.45, 2.75) is 64.2 Å². The van der Waals surface area contributed by atoms with E-state index < -0.39 is 0 Å². The van der Waals surface area contributed by atoms with Gasteiger partial charge in [-0.3, -0.25) is 4.79 Å². The number of thiazole rings is 2. The maximum atomic E-state index is 12.5. The topological polar surface area (TPSA) is 76.1 Å². The maximum Gasteiger partial charge on any atom is 0.245 e. The lowest BCUT2D eigenvalue weighted by Crippen LogP contribution is -2.21. The van der Waals surface area contributed by atoms with Gasteiger partial charge in [0, 0.05) is 15.8 Å². The maximum absolute atomic E-state index is 12.5. The van der Waals surface area contributed by atoms with E-state index in [-0.39, 0.29) is 12.5 Å². The summed E-state index contributed by atoms with van der Waals surface area (Å²) in [5.74, 6) is 0.720. The Morgan fingerprint density at radius 1 is 0.939 bits per heavy atom. The molecule has 176 valence electrons. The van der Waals surface area contributed by atoms with Crippen molar-refractivity contribution in [3.05, 3.63) is 40.2 Å². The zero-order valence-corrected chi connectivity index (χ0v) is 20.8. The number of ether oxygens (including phenoxy) is 1. The number of aromatic nitrogens is 2. The Balaban J connectivity index is 1.30. The van der Waals surface area contributed by atoms with E-state index >= 15 is 0 Å².